The van der Waals surface area contributed by atoms with E-state index in [1.165, 1.54) is 0 Å². The molecule has 0 unspecified atom stereocenters. The molecule has 1 N–H and O–H groups in total. The van der Waals surface area contributed by atoms with Gasteiger partial charge < -0.3 is 14.8 Å². The third kappa shape index (κ3) is 6.33. The highest BCUT2D eigenvalue weighted by Crippen LogP contribution is 2.36. The summed E-state index contributed by atoms with van der Waals surface area (Å²) in [5.41, 5.74) is 1.21. The Balaban J connectivity index is 0.00000400. The molecule has 1 rings (SSSR count). The van der Waals surface area contributed by atoms with Crippen LogP contribution in [0.25, 0.3) is 0 Å². The molecule has 122 valence electrons. The van der Waals surface area contributed by atoms with Gasteiger partial charge >= 0.3 is 0 Å². The molecule has 0 amide bonds. The molecule has 0 aliphatic carbocycles. The van der Waals surface area contributed by atoms with Crippen LogP contribution in [-0.2, 0) is 6.54 Å². The van der Waals surface area contributed by atoms with Crippen molar-refractivity contribution in [1.82, 2.24) is 5.32 Å². The van der Waals surface area contributed by atoms with E-state index in [1.807, 2.05) is 26.0 Å². The number of nitrogens with one attached hydrogen (secondary N) is 1. The Labute approximate surface area is 139 Å². The van der Waals surface area contributed by atoms with Crippen molar-refractivity contribution < 1.29 is 9.47 Å². The number of ether oxygens (including phenoxy) is 2. The van der Waals surface area contributed by atoms with Crippen molar-refractivity contribution in [2.75, 3.05) is 13.2 Å². The maximum atomic E-state index is 6.30. The van der Waals surface area contributed by atoms with Crippen LogP contribution in [0.4, 0.5) is 0 Å². The Bertz CT molecular complexity index is 437. The highest BCUT2D eigenvalue weighted by molar-refractivity contribution is 6.32. The van der Waals surface area contributed by atoms with Crippen molar-refractivity contribution in [3.63, 3.8) is 0 Å². The fourth-order valence-corrected chi connectivity index (χ4v) is 2.02. The summed E-state index contributed by atoms with van der Waals surface area (Å²) >= 11 is 6.30. The zero-order valence-electron chi connectivity index (χ0n) is 13.6. The van der Waals surface area contributed by atoms with Crippen LogP contribution < -0.4 is 14.8 Å². The molecule has 3 nitrogen and oxygen atoms in total. The van der Waals surface area contributed by atoms with E-state index in [4.69, 9.17) is 21.1 Å². The second-order valence-electron chi connectivity index (χ2n) is 5.36. The van der Waals surface area contributed by atoms with Crippen LogP contribution in [0, 0.1) is 0 Å². The van der Waals surface area contributed by atoms with Crippen LogP contribution in [-0.4, -0.2) is 18.8 Å². The summed E-state index contributed by atoms with van der Waals surface area (Å²) in [5, 5.41) is 4.12. The standard InChI is InChI=1S/C16H26ClNO2.ClH/c1-6-16(4,5)18-11-12-9-13(17)15(20-8-3)14(10-12)19-7-2;/h9-10,18H,6-8,11H2,1-5H3;1H. The molecule has 0 aliphatic rings. The molecule has 21 heavy (non-hydrogen) atoms. The first kappa shape index (κ1) is 20.4. The number of halogens is 2. The minimum atomic E-state index is 0. The Morgan fingerprint density at radius 1 is 1.10 bits per heavy atom. The van der Waals surface area contributed by atoms with Crippen LogP contribution in [0.2, 0.25) is 5.02 Å². The Morgan fingerprint density at radius 2 is 1.71 bits per heavy atom. The quantitative estimate of drug-likeness (QED) is 0.737. The van der Waals surface area contributed by atoms with Gasteiger partial charge in [0.1, 0.15) is 0 Å². The molecule has 0 heterocycles. The first-order valence-corrected chi connectivity index (χ1v) is 7.64. The minimum absolute atomic E-state index is 0. The van der Waals surface area contributed by atoms with Crippen molar-refractivity contribution in [2.24, 2.45) is 0 Å². The molecule has 1 aromatic rings. The average molecular weight is 336 g/mol. The first-order chi connectivity index (χ1) is 9.43. The van der Waals surface area contributed by atoms with Gasteiger partial charge in [-0.1, -0.05) is 18.5 Å². The lowest BCUT2D eigenvalue weighted by Gasteiger charge is -2.25. The molecule has 0 atom stereocenters. The highest BCUT2D eigenvalue weighted by atomic mass is 35.5. The molecule has 0 saturated heterocycles. The van der Waals surface area contributed by atoms with Crippen LogP contribution >= 0.6 is 24.0 Å². The summed E-state index contributed by atoms with van der Waals surface area (Å²) < 4.78 is 11.2. The topological polar surface area (TPSA) is 30.5 Å². The van der Waals surface area contributed by atoms with Gasteiger partial charge in [-0.05, 0) is 51.8 Å². The predicted octanol–water partition coefficient (Wildman–Crippen LogP) is 4.84. The lowest BCUT2D eigenvalue weighted by atomic mass is 10.0. The van der Waals surface area contributed by atoms with Crippen molar-refractivity contribution in [2.45, 2.75) is 53.1 Å². The molecule has 1 aromatic carbocycles. The monoisotopic (exact) mass is 335 g/mol. The Morgan fingerprint density at radius 3 is 2.24 bits per heavy atom. The molecule has 0 fully saturated rings. The van der Waals surface area contributed by atoms with E-state index in [-0.39, 0.29) is 17.9 Å². The first-order valence-electron chi connectivity index (χ1n) is 7.26. The van der Waals surface area contributed by atoms with Crippen LogP contribution in [0.5, 0.6) is 11.5 Å². The summed E-state index contributed by atoms with van der Waals surface area (Å²) in [6.45, 7) is 12.4. The number of benzene rings is 1. The predicted molar refractivity (Wildman–Crippen MR) is 92.2 cm³/mol. The summed E-state index contributed by atoms with van der Waals surface area (Å²) in [7, 11) is 0. The zero-order chi connectivity index (χ0) is 15.2. The van der Waals surface area contributed by atoms with Crippen LogP contribution in [0.15, 0.2) is 12.1 Å². The van der Waals surface area contributed by atoms with Gasteiger partial charge in [0, 0.05) is 12.1 Å². The van der Waals surface area contributed by atoms with Crippen LogP contribution in [0.1, 0.15) is 46.6 Å². The third-order valence-corrected chi connectivity index (χ3v) is 3.59. The molecule has 0 spiro atoms. The van der Waals surface area contributed by atoms with Crippen molar-refractivity contribution in [3.05, 3.63) is 22.7 Å². The smallest absolute Gasteiger partial charge is 0.179 e. The van der Waals surface area contributed by atoms with Crippen molar-refractivity contribution in [3.8, 4) is 11.5 Å². The Kier molecular flexibility index (Phi) is 9.11. The molecule has 0 bridgehead atoms. The van der Waals surface area contributed by atoms with E-state index in [0.717, 1.165) is 18.5 Å². The molecule has 0 saturated carbocycles. The van der Waals surface area contributed by atoms with E-state index in [0.29, 0.717) is 29.7 Å². The largest absolute Gasteiger partial charge is 0.490 e. The fourth-order valence-electron chi connectivity index (χ4n) is 1.74. The average Bonchev–Trinajstić information content (AvgIpc) is 2.41. The fraction of sp³-hybridized carbons (Fsp3) is 0.625. The van der Waals surface area contributed by atoms with Crippen LogP contribution in [0.3, 0.4) is 0 Å². The van der Waals surface area contributed by atoms with Gasteiger partial charge in [-0.25, -0.2) is 0 Å². The lowest BCUT2D eigenvalue weighted by molar-refractivity contribution is 0.287. The SMILES string of the molecule is CCOc1cc(CNC(C)(C)CC)cc(Cl)c1OCC.Cl. The van der Waals surface area contributed by atoms with Gasteiger partial charge in [0.25, 0.3) is 0 Å². The molecular formula is C16H27Cl2NO2. The maximum Gasteiger partial charge on any atom is 0.179 e. The summed E-state index contributed by atoms with van der Waals surface area (Å²) in [6, 6.07) is 3.94. The minimum Gasteiger partial charge on any atom is -0.490 e. The van der Waals surface area contributed by atoms with Crippen molar-refractivity contribution in [1.29, 1.82) is 0 Å². The van der Waals surface area contributed by atoms with Crippen molar-refractivity contribution >= 4 is 24.0 Å². The number of hydrogen-bond donors (Lipinski definition) is 1. The second-order valence-corrected chi connectivity index (χ2v) is 5.77. The lowest BCUT2D eigenvalue weighted by Crippen LogP contribution is -2.37. The number of rotatable bonds is 8. The molecule has 0 aromatic heterocycles. The highest BCUT2D eigenvalue weighted by Gasteiger charge is 2.16. The van der Waals surface area contributed by atoms with Gasteiger partial charge in [-0.2, -0.15) is 0 Å². The third-order valence-electron chi connectivity index (χ3n) is 3.31. The maximum absolute atomic E-state index is 6.30. The summed E-state index contributed by atoms with van der Waals surface area (Å²) in [4.78, 5) is 0. The normalized spacial score (nSPS) is 11.0. The molecule has 0 aliphatic heterocycles. The molecular weight excluding hydrogens is 309 g/mol. The molecule has 5 heteroatoms. The van der Waals surface area contributed by atoms with E-state index >= 15 is 0 Å². The van der Waals surface area contributed by atoms with Gasteiger partial charge in [0.05, 0.1) is 18.2 Å². The summed E-state index contributed by atoms with van der Waals surface area (Å²) in [5.74, 6) is 1.35. The van der Waals surface area contributed by atoms with E-state index in [9.17, 15) is 0 Å². The van der Waals surface area contributed by atoms with Gasteiger partial charge in [-0.15, -0.1) is 12.4 Å². The summed E-state index contributed by atoms with van der Waals surface area (Å²) in [6.07, 6.45) is 1.07. The van der Waals surface area contributed by atoms with Gasteiger partial charge in [-0.3, -0.25) is 0 Å². The van der Waals surface area contributed by atoms with Gasteiger partial charge in [0.2, 0.25) is 0 Å². The number of hydrogen-bond acceptors (Lipinski definition) is 3. The van der Waals surface area contributed by atoms with E-state index in [1.54, 1.807) is 0 Å². The van der Waals surface area contributed by atoms with E-state index in [2.05, 4.69) is 26.1 Å². The molecule has 0 radical (unpaired) electrons. The van der Waals surface area contributed by atoms with Gasteiger partial charge in [0.15, 0.2) is 11.5 Å². The Hall–Kier alpha value is -0.640. The van der Waals surface area contributed by atoms with E-state index < -0.39 is 0 Å². The zero-order valence-corrected chi connectivity index (χ0v) is 15.2. The second kappa shape index (κ2) is 9.39.